The SMILES string of the molecule is COc1nc(N)nc(C(C#N)(c2ccccc2)c2ccccc2)n1. The number of benzene rings is 2. The van der Waals surface area contributed by atoms with Gasteiger partial charge < -0.3 is 10.5 Å². The molecule has 0 fully saturated rings. The van der Waals surface area contributed by atoms with Crippen LogP contribution in [-0.2, 0) is 5.41 Å². The summed E-state index contributed by atoms with van der Waals surface area (Å²) in [6.07, 6.45) is 0. The maximum absolute atomic E-state index is 10.2. The molecule has 1 heterocycles. The molecule has 6 heteroatoms. The maximum Gasteiger partial charge on any atom is 0.321 e. The van der Waals surface area contributed by atoms with E-state index in [1.54, 1.807) is 0 Å². The van der Waals surface area contributed by atoms with Gasteiger partial charge in [0.1, 0.15) is 0 Å². The van der Waals surface area contributed by atoms with Crippen molar-refractivity contribution in [1.29, 1.82) is 5.26 Å². The Morgan fingerprint density at radius 3 is 1.92 bits per heavy atom. The lowest BCUT2D eigenvalue weighted by atomic mass is 9.75. The topological polar surface area (TPSA) is 97.7 Å². The fourth-order valence-electron chi connectivity index (χ4n) is 2.61. The summed E-state index contributed by atoms with van der Waals surface area (Å²) >= 11 is 0. The Hall–Kier alpha value is -3.46. The van der Waals surface area contributed by atoms with Crippen LogP contribution in [0.2, 0.25) is 0 Å². The zero-order valence-electron chi connectivity index (χ0n) is 13.0. The van der Waals surface area contributed by atoms with Crippen molar-refractivity contribution in [1.82, 2.24) is 15.0 Å². The van der Waals surface area contributed by atoms with Gasteiger partial charge in [0.25, 0.3) is 0 Å². The maximum atomic E-state index is 10.2. The fourth-order valence-corrected chi connectivity index (χ4v) is 2.61. The largest absolute Gasteiger partial charge is 0.467 e. The second kappa shape index (κ2) is 6.34. The van der Waals surface area contributed by atoms with Crippen molar-refractivity contribution in [3.63, 3.8) is 0 Å². The lowest BCUT2D eigenvalue weighted by Crippen LogP contribution is -2.30. The molecule has 0 spiro atoms. The van der Waals surface area contributed by atoms with Gasteiger partial charge in [-0.15, -0.1) is 0 Å². The van der Waals surface area contributed by atoms with Crippen LogP contribution in [0.25, 0.3) is 0 Å². The van der Waals surface area contributed by atoms with Gasteiger partial charge in [-0.2, -0.15) is 20.2 Å². The standard InChI is InChI=1S/C18H15N5O/c1-24-17-22-15(21-16(20)23-17)18(12-19,13-8-4-2-5-9-13)14-10-6-3-7-11-14/h2-11H,1H3,(H2,20,21,22,23). The van der Waals surface area contributed by atoms with E-state index in [2.05, 4.69) is 21.0 Å². The molecule has 0 bridgehead atoms. The predicted molar refractivity (Wildman–Crippen MR) is 89.2 cm³/mol. The van der Waals surface area contributed by atoms with Crippen molar-refractivity contribution in [3.8, 4) is 12.1 Å². The van der Waals surface area contributed by atoms with Crippen LogP contribution >= 0.6 is 0 Å². The highest BCUT2D eigenvalue weighted by Gasteiger charge is 2.40. The molecule has 1 aromatic heterocycles. The van der Waals surface area contributed by atoms with Crippen LogP contribution in [0.5, 0.6) is 6.01 Å². The fraction of sp³-hybridized carbons (Fsp3) is 0.111. The second-order valence-electron chi connectivity index (χ2n) is 5.10. The summed E-state index contributed by atoms with van der Waals surface area (Å²) in [6, 6.07) is 21.2. The molecule has 0 unspecified atom stereocenters. The third-order valence-electron chi connectivity index (χ3n) is 3.73. The number of aromatic nitrogens is 3. The quantitative estimate of drug-likeness (QED) is 0.793. The highest BCUT2D eigenvalue weighted by atomic mass is 16.5. The van der Waals surface area contributed by atoms with Crippen molar-refractivity contribution in [3.05, 3.63) is 77.6 Å². The molecule has 0 amide bonds. The van der Waals surface area contributed by atoms with Crippen LogP contribution in [0.3, 0.4) is 0 Å². The number of hydrogen-bond donors (Lipinski definition) is 1. The van der Waals surface area contributed by atoms with Gasteiger partial charge in [0.15, 0.2) is 11.2 Å². The van der Waals surface area contributed by atoms with Crippen LogP contribution in [-0.4, -0.2) is 22.1 Å². The number of nitrogens with zero attached hydrogens (tertiary/aromatic N) is 4. The number of hydrogen-bond acceptors (Lipinski definition) is 6. The molecular formula is C18H15N5O. The van der Waals surface area contributed by atoms with Crippen molar-refractivity contribution in [2.45, 2.75) is 5.41 Å². The van der Waals surface area contributed by atoms with E-state index in [-0.39, 0.29) is 17.8 Å². The summed E-state index contributed by atoms with van der Waals surface area (Å²) < 4.78 is 5.10. The highest BCUT2D eigenvalue weighted by Crippen LogP contribution is 2.37. The molecule has 0 atom stereocenters. The third-order valence-corrected chi connectivity index (χ3v) is 3.73. The number of ether oxygens (including phenoxy) is 1. The number of nitriles is 1. The van der Waals surface area contributed by atoms with E-state index >= 15 is 0 Å². The Bertz CT molecular complexity index is 835. The Kier molecular flexibility index (Phi) is 4.08. The van der Waals surface area contributed by atoms with E-state index in [0.717, 1.165) is 11.1 Å². The van der Waals surface area contributed by atoms with E-state index < -0.39 is 5.41 Å². The Labute approximate surface area is 139 Å². The van der Waals surface area contributed by atoms with Gasteiger partial charge in [0, 0.05) is 0 Å². The number of nitrogens with two attached hydrogens (primary N) is 1. The molecule has 118 valence electrons. The first-order valence-corrected chi connectivity index (χ1v) is 7.29. The monoisotopic (exact) mass is 317 g/mol. The molecule has 2 N–H and O–H groups in total. The Balaban J connectivity index is 2.35. The lowest BCUT2D eigenvalue weighted by molar-refractivity contribution is 0.375. The van der Waals surface area contributed by atoms with E-state index in [4.69, 9.17) is 10.5 Å². The van der Waals surface area contributed by atoms with Crippen molar-refractivity contribution < 1.29 is 4.74 Å². The first-order valence-electron chi connectivity index (χ1n) is 7.29. The molecule has 24 heavy (non-hydrogen) atoms. The molecule has 0 aliphatic heterocycles. The van der Waals surface area contributed by atoms with E-state index in [1.165, 1.54) is 7.11 Å². The zero-order chi connectivity index (χ0) is 17.0. The van der Waals surface area contributed by atoms with E-state index in [1.807, 2.05) is 60.7 Å². The number of nitrogen functional groups attached to an aromatic ring is 1. The molecule has 6 nitrogen and oxygen atoms in total. The predicted octanol–water partition coefficient (Wildman–Crippen LogP) is 2.32. The molecule has 3 aromatic rings. The molecule has 0 saturated heterocycles. The number of rotatable bonds is 4. The number of anilines is 1. The summed E-state index contributed by atoms with van der Waals surface area (Å²) in [5.41, 5.74) is 6.06. The van der Waals surface area contributed by atoms with Gasteiger partial charge >= 0.3 is 6.01 Å². The summed E-state index contributed by atoms with van der Waals surface area (Å²) in [5.74, 6) is 0.232. The molecule has 0 radical (unpaired) electrons. The Morgan fingerprint density at radius 2 is 1.46 bits per heavy atom. The van der Waals surface area contributed by atoms with Gasteiger partial charge in [-0.3, -0.25) is 0 Å². The minimum atomic E-state index is -1.22. The normalized spacial score (nSPS) is 10.8. The first-order chi connectivity index (χ1) is 11.7. The summed E-state index contributed by atoms with van der Waals surface area (Å²) in [4.78, 5) is 12.4. The molecule has 0 aliphatic rings. The molecule has 2 aromatic carbocycles. The first kappa shape index (κ1) is 15.4. The van der Waals surface area contributed by atoms with Crippen molar-refractivity contribution in [2.24, 2.45) is 0 Å². The molecular weight excluding hydrogens is 302 g/mol. The Morgan fingerprint density at radius 1 is 0.917 bits per heavy atom. The van der Waals surface area contributed by atoms with Gasteiger partial charge in [-0.25, -0.2) is 0 Å². The van der Waals surface area contributed by atoms with Crippen molar-refractivity contribution in [2.75, 3.05) is 12.8 Å². The zero-order valence-corrected chi connectivity index (χ0v) is 13.0. The lowest BCUT2D eigenvalue weighted by Gasteiger charge is -2.26. The second-order valence-corrected chi connectivity index (χ2v) is 5.10. The highest BCUT2D eigenvalue weighted by molar-refractivity contribution is 5.53. The van der Waals surface area contributed by atoms with Gasteiger partial charge in [-0.1, -0.05) is 60.7 Å². The summed E-state index contributed by atoms with van der Waals surface area (Å²) in [6.45, 7) is 0. The molecule has 3 rings (SSSR count). The minimum Gasteiger partial charge on any atom is -0.467 e. The van der Waals surface area contributed by atoms with Crippen LogP contribution in [0.4, 0.5) is 5.95 Å². The summed E-state index contributed by atoms with van der Waals surface area (Å²) in [7, 11) is 1.44. The number of methoxy groups -OCH3 is 1. The van der Waals surface area contributed by atoms with Crippen molar-refractivity contribution >= 4 is 5.95 Å². The smallest absolute Gasteiger partial charge is 0.321 e. The van der Waals surface area contributed by atoms with Crippen LogP contribution < -0.4 is 10.5 Å². The van der Waals surface area contributed by atoms with Gasteiger partial charge in [-0.05, 0) is 11.1 Å². The average Bonchev–Trinajstić information content (AvgIpc) is 2.64. The third kappa shape index (κ3) is 2.52. The van der Waals surface area contributed by atoms with Crippen LogP contribution in [0, 0.1) is 11.3 Å². The summed E-state index contributed by atoms with van der Waals surface area (Å²) in [5, 5.41) is 10.2. The van der Waals surface area contributed by atoms with Crippen LogP contribution in [0.1, 0.15) is 17.0 Å². The van der Waals surface area contributed by atoms with E-state index in [9.17, 15) is 5.26 Å². The van der Waals surface area contributed by atoms with Gasteiger partial charge in [0.2, 0.25) is 5.95 Å². The molecule has 0 aliphatic carbocycles. The van der Waals surface area contributed by atoms with Gasteiger partial charge in [0.05, 0.1) is 13.2 Å². The molecule has 0 saturated carbocycles. The average molecular weight is 317 g/mol. The van der Waals surface area contributed by atoms with E-state index in [0.29, 0.717) is 0 Å². The minimum absolute atomic E-state index is 0.00309. The van der Waals surface area contributed by atoms with Crippen LogP contribution in [0.15, 0.2) is 60.7 Å².